The van der Waals surface area contributed by atoms with Crippen molar-refractivity contribution in [3.05, 3.63) is 71.6 Å². The number of para-hydroxylation sites is 1. The summed E-state index contributed by atoms with van der Waals surface area (Å²) in [6.45, 7) is 6.69. The number of anilines is 2. The molecule has 3 aromatic rings. The second-order valence-electron chi connectivity index (χ2n) is 6.37. The van der Waals surface area contributed by atoms with Crippen molar-refractivity contribution in [2.24, 2.45) is 0 Å². The van der Waals surface area contributed by atoms with E-state index in [2.05, 4.69) is 34.4 Å². The van der Waals surface area contributed by atoms with Crippen LogP contribution in [0.4, 0.5) is 11.5 Å². The summed E-state index contributed by atoms with van der Waals surface area (Å²) in [4.78, 5) is 21.0. The van der Waals surface area contributed by atoms with Gasteiger partial charge in [0.25, 0.3) is 5.91 Å². The summed E-state index contributed by atoms with van der Waals surface area (Å²) in [5, 5.41) is 6.07. The minimum atomic E-state index is -0.272. The number of nitrogens with zero attached hydrogens (tertiary/aromatic N) is 2. The zero-order valence-electron chi connectivity index (χ0n) is 15.1. The van der Waals surface area contributed by atoms with Gasteiger partial charge in [-0.15, -0.1) is 0 Å². The van der Waals surface area contributed by atoms with Gasteiger partial charge in [0, 0.05) is 5.69 Å². The Morgan fingerprint density at radius 2 is 2.00 bits per heavy atom. The summed E-state index contributed by atoms with van der Waals surface area (Å²) in [5.74, 6) is 1.42. The first kappa shape index (κ1) is 17.7. The molecule has 2 heterocycles. The highest BCUT2D eigenvalue weighted by Crippen LogP contribution is 2.27. The third kappa shape index (κ3) is 4.08. The highest BCUT2D eigenvalue weighted by atomic mass is 16.3. The van der Waals surface area contributed by atoms with Crippen molar-refractivity contribution in [3.8, 4) is 0 Å². The first-order chi connectivity index (χ1) is 12.5. The fourth-order valence-corrected chi connectivity index (χ4v) is 2.65. The Kier molecular flexibility index (Phi) is 5.31. The molecule has 6 heteroatoms. The molecule has 0 spiro atoms. The normalized spacial score (nSPS) is 10.8. The molecule has 2 N–H and O–H groups in total. The Morgan fingerprint density at radius 3 is 2.65 bits per heavy atom. The number of nitrogens with one attached hydrogen (secondary N) is 2. The molecule has 6 nitrogen and oxygen atoms in total. The fourth-order valence-electron chi connectivity index (χ4n) is 2.65. The number of carbonyl (C=O) groups excluding carboxylic acids is 1. The van der Waals surface area contributed by atoms with Gasteiger partial charge in [0.05, 0.1) is 25.2 Å². The summed E-state index contributed by atoms with van der Waals surface area (Å²) >= 11 is 0. The minimum absolute atomic E-state index is 0.270. The van der Waals surface area contributed by atoms with Crippen LogP contribution in [0.15, 0.2) is 53.4 Å². The molecule has 0 bridgehead atoms. The van der Waals surface area contributed by atoms with Crippen LogP contribution in [0, 0.1) is 6.92 Å². The summed E-state index contributed by atoms with van der Waals surface area (Å²) in [6.07, 6.45) is 4.62. The van der Waals surface area contributed by atoms with Gasteiger partial charge in [0.2, 0.25) is 0 Å². The van der Waals surface area contributed by atoms with Crippen LogP contribution in [0.25, 0.3) is 0 Å². The smallest absolute Gasteiger partial charge is 0.275 e. The van der Waals surface area contributed by atoms with E-state index in [1.54, 1.807) is 12.5 Å². The van der Waals surface area contributed by atoms with Crippen molar-refractivity contribution in [1.82, 2.24) is 9.97 Å². The van der Waals surface area contributed by atoms with E-state index < -0.39 is 0 Å². The molecule has 3 rings (SSSR count). The highest BCUT2D eigenvalue weighted by Gasteiger charge is 2.14. The van der Waals surface area contributed by atoms with Gasteiger partial charge in [0.1, 0.15) is 17.3 Å². The van der Waals surface area contributed by atoms with Crippen LogP contribution in [0.3, 0.4) is 0 Å². The molecule has 0 atom stereocenters. The maximum absolute atomic E-state index is 12.5. The van der Waals surface area contributed by atoms with E-state index in [1.807, 2.05) is 37.3 Å². The number of aryl methyl sites for hydroxylation is 1. The molecule has 0 saturated carbocycles. The average Bonchev–Trinajstić information content (AvgIpc) is 3.15. The first-order valence-corrected chi connectivity index (χ1v) is 8.53. The van der Waals surface area contributed by atoms with Crippen LogP contribution in [-0.4, -0.2) is 15.9 Å². The van der Waals surface area contributed by atoms with Gasteiger partial charge in [-0.25, -0.2) is 9.97 Å². The molecule has 0 radical (unpaired) electrons. The molecule has 1 amide bonds. The standard InChI is InChI=1S/C20H22N4O2/c1-13(2)16-8-4-6-14(3)19(16)24-20(25)17-11-23-18(12-21-17)22-10-15-7-5-9-26-15/h4-9,11-13H,10H2,1-3H3,(H,22,23)(H,24,25). The van der Waals surface area contributed by atoms with Crippen molar-refractivity contribution in [1.29, 1.82) is 0 Å². The third-order valence-corrected chi connectivity index (χ3v) is 4.07. The molecular weight excluding hydrogens is 328 g/mol. The lowest BCUT2D eigenvalue weighted by atomic mass is 9.98. The van der Waals surface area contributed by atoms with E-state index in [1.165, 1.54) is 6.20 Å². The number of amides is 1. The zero-order chi connectivity index (χ0) is 18.5. The van der Waals surface area contributed by atoms with Crippen LogP contribution in [0.2, 0.25) is 0 Å². The van der Waals surface area contributed by atoms with Crippen molar-refractivity contribution in [2.75, 3.05) is 10.6 Å². The molecule has 0 aliphatic heterocycles. The highest BCUT2D eigenvalue weighted by molar-refractivity contribution is 6.03. The maximum atomic E-state index is 12.5. The first-order valence-electron chi connectivity index (χ1n) is 8.53. The molecule has 26 heavy (non-hydrogen) atoms. The van der Waals surface area contributed by atoms with E-state index in [0.29, 0.717) is 18.3 Å². The Hall–Kier alpha value is -3.15. The van der Waals surface area contributed by atoms with Gasteiger partial charge < -0.3 is 15.1 Å². The number of benzene rings is 1. The number of hydrogen-bond donors (Lipinski definition) is 2. The Bertz CT molecular complexity index is 871. The van der Waals surface area contributed by atoms with E-state index in [0.717, 1.165) is 22.6 Å². The molecule has 0 unspecified atom stereocenters. The SMILES string of the molecule is Cc1cccc(C(C)C)c1NC(=O)c1cnc(NCc2ccco2)cn1. The van der Waals surface area contributed by atoms with Crippen molar-refractivity contribution in [3.63, 3.8) is 0 Å². The second-order valence-corrected chi connectivity index (χ2v) is 6.37. The molecule has 134 valence electrons. The third-order valence-electron chi connectivity index (χ3n) is 4.07. The Balaban J connectivity index is 1.69. The van der Waals surface area contributed by atoms with Crippen molar-refractivity contribution in [2.45, 2.75) is 33.2 Å². The van der Waals surface area contributed by atoms with E-state index >= 15 is 0 Å². The second kappa shape index (κ2) is 7.82. The van der Waals surface area contributed by atoms with Gasteiger partial charge in [-0.05, 0) is 36.1 Å². The van der Waals surface area contributed by atoms with Gasteiger partial charge in [-0.3, -0.25) is 4.79 Å². The lowest BCUT2D eigenvalue weighted by Crippen LogP contribution is -2.16. The van der Waals surface area contributed by atoms with Crippen molar-refractivity contribution >= 4 is 17.4 Å². The average molecular weight is 350 g/mol. The van der Waals surface area contributed by atoms with Crippen molar-refractivity contribution < 1.29 is 9.21 Å². The Morgan fingerprint density at radius 1 is 1.15 bits per heavy atom. The lowest BCUT2D eigenvalue weighted by Gasteiger charge is -2.16. The van der Waals surface area contributed by atoms with Gasteiger partial charge >= 0.3 is 0 Å². The molecule has 2 aromatic heterocycles. The largest absolute Gasteiger partial charge is 0.467 e. The number of furan rings is 1. The molecule has 0 aliphatic carbocycles. The molecule has 0 aliphatic rings. The zero-order valence-corrected chi connectivity index (χ0v) is 15.1. The van der Waals surface area contributed by atoms with E-state index in [-0.39, 0.29) is 11.6 Å². The van der Waals surface area contributed by atoms with E-state index in [9.17, 15) is 4.79 Å². The molecule has 0 saturated heterocycles. The predicted octanol–water partition coefficient (Wildman–Crippen LogP) is 4.37. The summed E-state index contributed by atoms with van der Waals surface area (Å²) < 4.78 is 5.25. The molecular formula is C20H22N4O2. The van der Waals surface area contributed by atoms with Crippen LogP contribution in [0.1, 0.15) is 47.1 Å². The van der Waals surface area contributed by atoms with Crippen LogP contribution >= 0.6 is 0 Å². The van der Waals surface area contributed by atoms with E-state index in [4.69, 9.17) is 4.42 Å². The lowest BCUT2D eigenvalue weighted by molar-refractivity contribution is 0.102. The van der Waals surface area contributed by atoms with Crippen LogP contribution in [-0.2, 0) is 6.54 Å². The van der Waals surface area contributed by atoms with Gasteiger partial charge in [0.15, 0.2) is 0 Å². The Labute approximate surface area is 152 Å². The predicted molar refractivity (Wildman–Crippen MR) is 101 cm³/mol. The number of carbonyl (C=O) groups is 1. The summed E-state index contributed by atoms with van der Waals surface area (Å²) in [7, 11) is 0. The van der Waals surface area contributed by atoms with Crippen LogP contribution < -0.4 is 10.6 Å². The van der Waals surface area contributed by atoms with Crippen LogP contribution in [0.5, 0.6) is 0 Å². The number of rotatable bonds is 6. The fraction of sp³-hybridized carbons (Fsp3) is 0.250. The number of hydrogen-bond acceptors (Lipinski definition) is 5. The van der Waals surface area contributed by atoms with Gasteiger partial charge in [-0.1, -0.05) is 32.0 Å². The monoisotopic (exact) mass is 350 g/mol. The quantitative estimate of drug-likeness (QED) is 0.690. The maximum Gasteiger partial charge on any atom is 0.275 e. The molecule has 0 fully saturated rings. The minimum Gasteiger partial charge on any atom is -0.467 e. The summed E-state index contributed by atoms with van der Waals surface area (Å²) in [5.41, 5.74) is 3.23. The summed E-state index contributed by atoms with van der Waals surface area (Å²) in [6, 6.07) is 9.71. The number of aromatic nitrogens is 2. The molecule has 1 aromatic carbocycles. The topological polar surface area (TPSA) is 80.0 Å². The van der Waals surface area contributed by atoms with Gasteiger partial charge in [-0.2, -0.15) is 0 Å².